The first kappa shape index (κ1) is 9.87. The van der Waals surface area contributed by atoms with Crippen LogP contribution in [0.4, 0.5) is 0 Å². The summed E-state index contributed by atoms with van der Waals surface area (Å²) in [6.45, 7) is 5.82. The molecule has 14 heavy (non-hydrogen) atoms. The first-order chi connectivity index (χ1) is 6.58. The Labute approximate surface area is 88.5 Å². The number of nitrogens with zero attached hydrogens (tertiary/aromatic N) is 1. The number of hydrogen-bond acceptors (Lipinski definition) is 3. The second-order valence-electron chi connectivity index (χ2n) is 4.46. The molecule has 1 saturated heterocycles. The van der Waals surface area contributed by atoms with Crippen LogP contribution < -0.4 is 0 Å². The summed E-state index contributed by atoms with van der Waals surface area (Å²) >= 11 is 1.76. The molecule has 0 radical (unpaired) electrons. The van der Waals surface area contributed by atoms with Crippen LogP contribution in [-0.4, -0.2) is 22.8 Å². The van der Waals surface area contributed by atoms with Crippen LogP contribution in [0.5, 0.6) is 0 Å². The van der Waals surface area contributed by atoms with Crippen molar-refractivity contribution in [1.29, 1.82) is 0 Å². The highest BCUT2D eigenvalue weighted by Crippen LogP contribution is 2.28. The quantitative estimate of drug-likeness (QED) is 0.745. The topological polar surface area (TPSA) is 20.3 Å². The molecular weight excluding hydrogens is 194 g/mol. The Morgan fingerprint density at radius 1 is 1.57 bits per heavy atom. The Kier molecular flexibility index (Phi) is 2.45. The second-order valence-corrected chi connectivity index (χ2v) is 5.50. The smallest absolute Gasteiger partial charge is 0.148 e. The van der Waals surface area contributed by atoms with Crippen molar-refractivity contribution >= 4 is 17.1 Å². The lowest BCUT2D eigenvalue weighted by atomic mass is 10.0. The van der Waals surface area contributed by atoms with Gasteiger partial charge in [0.2, 0.25) is 0 Å². The van der Waals surface area contributed by atoms with Crippen molar-refractivity contribution in [3.05, 3.63) is 22.4 Å². The number of thiophene rings is 1. The predicted octanol–water partition coefficient (Wildman–Crippen LogP) is 2.30. The van der Waals surface area contributed by atoms with Crippen molar-refractivity contribution in [3.63, 3.8) is 0 Å². The number of hydrogen-bond donors (Lipinski definition) is 0. The number of carbonyl (C=O) groups excluding carboxylic acids is 1. The van der Waals surface area contributed by atoms with E-state index in [-0.39, 0.29) is 5.54 Å². The van der Waals surface area contributed by atoms with Gasteiger partial charge in [-0.05, 0) is 25.3 Å². The summed E-state index contributed by atoms with van der Waals surface area (Å²) in [7, 11) is 0. The van der Waals surface area contributed by atoms with E-state index in [0.29, 0.717) is 18.7 Å². The van der Waals surface area contributed by atoms with Crippen LogP contribution in [0.2, 0.25) is 0 Å². The average molecular weight is 209 g/mol. The highest BCUT2D eigenvalue weighted by atomic mass is 32.1. The molecule has 2 heterocycles. The molecule has 76 valence electrons. The molecule has 1 fully saturated rings. The molecule has 1 aliphatic heterocycles. The standard InChI is InChI=1S/C11H15NOS/c1-11(2)6-9(13)7-12(11)8-10-4-3-5-14-10/h3-5H,6-8H2,1-2H3. The third-order valence-electron chi connectivity index (χ3n) is 2.78. The number of carbonyl (C=O) groups is 1. The van der Waals surface area contributed by atoms with Crippen LogP contribution in [0.3, 0.4) is 0 Å². The highest BCUT2D eigenvalue weighted by molar-refractivity contribution is 7.09. The molecule has 1 aromatic heterocycles. The van der Waals surface area contributed by atoms with Crippen molar-refractivity contribution < 1.29 is 4.79 Å². The van der Waals surface area contributed by atoms with Gasteiger partial charge in [0, 0.05) is 23.4 Å². The van der Waals surface area contributed by atoms with E-state index in [4.69, 9.17) is 0 Å². The molecule has 1 aromatic rings. The summed E-state index contributed by atoms with van der Waals surface area (Å²) in [4.78, 5) is 15.0. The molecule has 1 aliphatic rings. The Hall–Kier alpha value is -0.670. The Bertz CT molecular complexity index is 329. The van der Waals surface area contributed by atoms with Crippen molar-refractivity contribution in [2.75, 3.05) is 6.54 Å². The maximum absolute atomic E-state index is 11.4. The van der Waals surface area contributed by atoms with E-state index in [0.717, 1.165) is 6.54 Å². The Balaban J connectivity index is 2.08. The summed E-state index contributed by atoms with van der Waals surface area (Å²) in [5.74, 6) is 0.367. The van der Waals surface area contributed by atoms with Gasteiger partial charge in [-0.25, -0.2) is 0 Å². The molecule has 0 aliphatic carbocycles. The molecule has 0 spiro atoms. The first-order valence-electron chi connectivity index (χ1n) is 4.87. The van der Waals surface area contributed by atoms with E-state index in [2.05, 4.69) is 36.3 Å². The number of likely N-dealkylation sites (tertiary alicyclic amines) is 1. The maximum atomic E-state index is 11.4. The van der Waals surface area contributed by atoms with Gasteiger partial charge >= 0.3 is 0 Å². The number of rotatable bonds is 2. The molecule has 0 amide bonds. The monoisotopic (exact) mass is 209 g/mol. The van der Waals surface area contributed by atoms with Crippen molar-refractivity contribution in [1.82, 2.24) is 4.90 Å². The molecule has 0 atom stereocenters. The third-order valence-corrected chi connectivity index (χ3v) is 3.64. The lowest BCUT2D eigenvalue weighted by Gasteiger charge is -2.29. The highest BCUT2D eigenvalue weighted by Gasteiger charge is 2.36. The molecule has 0 aromatic carbocycles. The van der Waals surface area contributed by atoms with Gasteiger partial charge in [-0.1, -0.05) is 6.07 Å². The minimum atomic E-state index is 0.0427. The van der Waals surface area contributed by atoms with Crippen molar-refractivity contribution in [2.45, 2.75) is 32.4 Å². The number of Topliss-reactive ketones (excluding diaryl/α,β-unsaturated/α-hetero) is 1. The molecule has 0 saturated carbocycles. The van der Waals surface area contributed by atoms with Crippen LogP contribution in [0.15, 0.2) is 17.5 Å². The fourth-order valence-corrected chi connectivity index (χ4v) is 2.66. The zero-order valence-electron chi connectivity index (χ0n) is 8.62. The predicted molar refractivity (Wildman–Crippen MR) is 58.4 cm³/mol. The molecule has 3 heteroatoms. The minimum absolute atomic E-state index is 0.0427. The van der Waals surface area contributed by atoms with Gasteiger partial charge in [-0.2, -0.15) is 0 Å². The summed E-state index contributed by atoms with van der Waals surface area (Å²) in [5.41, 5.74) is 0.0427. The Morgan fingerprint density at radius 3 is 2.86 bits per heavy atom. The van der Waals surface area contributed by atoms with Gasteiger partial charge in [0.05, 0.1) is 6.54 Å². The SMILES string of the molecule is CC1(C)CC(=O)CN1Cc1cccs1. The molecule has 0 N–H and O–H groups in total. The average Bonchev–Trinajstić information content (AvgIpc) is 2.61. The van der Waals surface area contributed by atoms with Crippen molar-refractivity contribution in [3.8, 4) is 0 Å². The summed E-state index contributed by atoms with van der Waals surface area (Å²) in [6.07, 6.45) is 0.693. The van der Waals surface area contributed by atoms with Crippen molar-refractivity contribution in [2.24, 2.45) is 0 Å². The largest absolute Gasteiger partial charge is 0.298 e. The van der Waals surface area contributed by atoms with E-state index in [1.54, 1.807) is 11.3 Å². The first-order valence-corrected chi connectivity index (χ1v) is 5.75. The summed E-state index contributed by atoms with van der Waals surface area (Å²) < 4.78 is 0. The third kappa shape index (κ3) is 1.88. The summed E-state index contributed by atoms with van der Waals surface area (Å²) in [5, 5.41) is 2.08. The minimum Gasteiger partial charge on any atom is -0.298 e. The van der Waals surface area contributed by atoms with Gasteiger partial charge in [0.15, 0.2) is 0 Å². The fourth-order valence-electron chi connectivity index (χ4n) is 1.94. The molecule has 2 nitrogen and oxygen atoms in total. The van der Waals surface area contributed by atoms with Crippen LogP contribution in [0.1, 0.15) is 25.1 Å². The van der Waals surface area contributed by atoms with E-state index >= 15 is 0 Å². The van der Waals surface area contributed by atoms with E-state index in [9.17, 15) is 4.79 Å². The van der Waals surface area contributed by atoms with Crippen LogP contribution >= 0.6 is 11.3 Å². The van der Waals surface area contributed by atoms with E-state index < -0.39 is 0 Å². The summed E-state index contributed by atoms with van der Waals surface area (Å²) in [6, 6.07) is 4.19. The van der Waals surface area contributed by atoms with E-state index in [1.807, 2.05) is 0 Å². The van der Waals surface area contributed by atoms with Gasteiger partial charge in [0.1, 0.15) is 5.78 Å². The fraction of sp³-hybridized carbons (Fsp3) is 0.545. The van der Waals surface area contributed by atoms with Gasteiger partial charge in [-0.15, -0.1) is 11.3 Å². The zero-order chi connectivity index (χ0) is 10.2. The zero-order valence-corrected chi connectivity index (χ0v) is 9.43. The molecule has 0 bridgehead atoms. The van der Waals surface area contributed by atoms with E-state index in [1.165, 1.54) is 4.88 Å². The molecular formula is C11H15NOS. The van der Waals surface area contributed by atoms with Gasteiger partial charge < -0.3 is 0 Å². The lowest BCUT2D eigenvalue weighted by Crippen LogP contribution is -2.37. The number of ketones is 1. The Morgan fingerprint density at radius 2 is 2.36 bits per heavy atom. The molecule has 2 rings (SSSR count). The second kappa shape index (κ2) is 3.48. The van der Waals surface area contributed by atoms with Crippen LogP contribution in [0, 0.1) is 0 Å². The lowest BCUT2D eigenvalue weighted by molar-refractivity contribution is -0.117. The molecule has 0 unspecified atom stereocenters. The van der Waals surface area contributed by atoms with Gasteiger partial charge in [0.25, 0.3) is 0 Å². The maximum Gasteiger partial charge on any atom is 0.148 e. The van der Waals surface area contributed by atoms with Crippen LogP contribution in [0.25, 0.3) is 0 Å². The van der Waals surface area contributed by atoms with Gasteiger partial charge in [-0.3, -0.25) is 9.69 Å². The normalized spacial score (nSPS) is 21.7. The van der Waals surface area contributed by atoms with Crippen LogP contribution in [-0.2, 0) is 11.3 Å².